The van der Waals surface area contributed by atoms with Gasteiger partial charge in [-0.1, -0.05) is 0 Å². The number of thiophene rings is 1. The Balaban J connectivity index is 2.93. The van der Waals surface area contributed by atoms with Crippen LogP contribution in [0.15, 0.2) is 11.4 Å². The van der Waals surface area contributed by atoms with Crippen molar-refractivity contribution in [1.82, 2.24) is 5.32 Å². The Hall–Kier alpha value is -1.43. The molecule has 1 amide bonds. The molecule has 1 aromatic heterocycles. The minimum atomic E-state index is -0.554. The standard InChI is InChI=1S/C7H8N2O3S/c1-2-8-7(10)6-5(9(11)12)3-4-13-6/h3-4H,2H2,1H3,(H,8,10). The summed E-state index contributed by atoms with van der Waals surface area (Å²) in [5.74, 6) is -0.385. The zero-order valence-corrected chi connectivity index (χ0v) is 7.76. The molecule has 0 spiro atoms. The Morgan fingerprint density at radius 2 is 2.46 bits per heavy atom. The number of nitrogens with one attached hydrogen (secondary N) is 1. The minimum absolute atomic E-state index is 0.129. The molecule has 0 saturated heterocycles. The van der Waals surface area contributed by atoms with Crippen LogP contribution in [-0.2, 0) is 0 Å². The van der Waals surface area contributed by atoms with E-state index >= 15 is 0 Å². The van der Waals surface area contributed by atoms with E-state index in [-0.39, 0.29) is 16.5 Å². The van der Waals surface area contributed by atoms with Crippen molar-refractivity contribution in [2.45, 2.75) is 6.92 Å². The molecule has 1 N–H and O–H groups in total. The number of rotatable bonds is 3. The Labute approximate surface area is 78.5 Å². The number of nitro groups is 1. The van der Waals surface area contributed by atoms with E-state index in [2.05, 4.69) is 5.32 Å². The first kappa shape index (κ1) is 9.66. The normalized spacial score (nSPS) is 9.62. The van der Waals surface area contributed by atoms with Crippen LogP contribution in [0.4, 0.5) is 5.69 Å². The SMILES string of the molecule is CCNC(=O)c1sccc1[N+](=O)[O-]. The first-order valence-electron chi connectivity index (χ1n) is 3.67. The highest BCUT2D eigenvalue weighted by atomic mass is 32.1. The molecule has 0 aliphatic rings. The molecule has 0 bridgehead atoms. The van der Waals surface area contributed by atoms with Gasteiger partial charge in [0, 0.05) is 12.6 Å². The molecule has 0 radical (unpaired) electrons. The molecule has 70 valence electrons. The average molecular weight is 200 g/mol. The van der Waals surface area contributed by atoms with E-state index in [1.165, 1.54) is 11.4 Å². The topological polar surface area (TPSA) is 72.2 Å². The molecule has 0 atom stereocenters. The molecular formula is C7H8N2O3S. The lowest BCUT2D eigenvalue weighted by Crippen LogP contribution is -2.22. The third kappa shape index (κ3) is 2.03. The molecule has 0 saturated carbocycles. The van der Waals surface area contributed by atoms with E-state index in [1.54, 1.807) is 6.92 Å². The summed E-state index contributed by atoms with van der Waals surface area (Å²) < 4.78 is 0. The number of hydrogen-bond acceptors (Lipinski definition) is 4. The predicted octanol–water partition coefficient (Wildman–Crippen LogP) is 1.41. The maximum absolute atomic E-state index is 11.2. The van der Waals surface area contributed by atoms with Crippen molar-refractivity contribution in [3.05, 3.63) is 26.4 Å². The fourth-order valence-corrected chi connectivity index (χ4v) is 1.63. The number of carbonyl (C=O) groups excluding carboxylic acids is 1. The fourth-order valence-electron chi connectivity index (χ4n) is 0.857. The Kier molecular flexibility index (Phi) is 2.97. The summed E-state index contributed by atoms with van der Waals surface area (Å²) in [4.78, 5) is 21.3. The van der Waals surface area contributed by atoms with Gasteiger partial charge in [0.2, 0.25) is 0 Å². The quantitative estimate of drug-likeness (QED) is 0.592. The van der Waals surface area contributed by atoms with Crippen molar-refractivity contribution < 1.29 is 9.72 Å². The predicted molar refractivity (Wildman–Crippen MR) is 49.0 cm³/mol. The highest BCUT2D eigenvalue weighted by Gasteiger charge is 2.20. The summed E-state index contributed by atoms with van der Waals surface area (Å²) in [6, 6.07) is 1.33. The van der Waals surface area contributed by atoms with Crippen molar-refractivity contribution in [2.24, 2.45) is 0 Å². The smallest absolute Gasteiger partial charge is 0.292 e. The van der Waals surface area contributed by atoms with Crippen LogP contribution in [0, 0.1) is 10.1 Å². The van der Waals surface area contributed by atoms with E-state index < -0.39 is 4.92 Å². The molecule has 0 aliphatic carbocycles. The first-order chi connectivity index (χ1) is 6.16. The molecule has 0 aromatic carbocycles. The van der Waals surface area contributed by atoms with Crippen LogP contribution in [0.5, 0.6) is 0 Å². The molecule has 5 nitrogen and oxygen atoms in total. The van der Waals surface area contributed by atoms with Crippen molar-refractivity contribution in [2.75, 3.05) is 6.54 Å². The van der Waals surface area contributed by atoms with Crippen LogP contribution in [0.3, 0.4) is 0 Å². The fraction of sp³-hybridized carbons (Fsp3) is 0.286. The van der Waals surface area contributed by atoms with Crippen LogP contribution in [0.2, 0.25) is 0 Å². The zero-order valence-electron chi connectivity index (χ0n) is 6.94. The largest absolute Gasteiger partial charge is 0.351 e. The molecular weight excluding hydrogens is 192 g/mol. The van der Waals surface area contributed by atoms with Gasteiger partial charge in [0.1, 0.15) is 0 Å². The molecule has 1 rings (SSSR count). The van der Waals surface area contributed by atoms with Crippen LogP contribution in [0.1, 0.15) is 16.6 Å². The molecule has 6 heteroatoms. The third-order valence-corrected chi connectivity index (χ3v) is 2.29. The van der Waals surface area contributed by atoms with Crippen LogP contribution in [-0.4, -0.2) is 17.4 Å². The summed E-state index contributed by atoms with van der Waals surface area (Å²) in [5.41, 5.74) is -0.129. The molecule has 1 aromatic rings. The number of amides is 1. The summed E-state index contributed by atoms with van der Waals surface area (Å²) >= 11 is 1.07. The highest BCUT2D eigenvalue weighted by molar-refractivity contribution is 7.12. The van der Waals surface area contributed by atoms with Gasteiger partial charge in [-0.3, -0.25) is 14.9 Å². The Bertz CT molecular complexity index is 334. The van der Waals surface area contributed by atoms with E-state index in [0.29, 0.717) is 6.54 Å². The van der Waals surface area contributed by atoms with Gasteiger partial charge in [-0.2, -0.15) is 0 Å². The van der Waals surface area contributed by atoms with Gasteiger partial charge in [-0.25, -0.2) is 0 Å². The number of nitrogens with zero attached hydrogens (tertiary/aromatic N) is 1. The zero-order chi connectivity index (χ0) is 9.84. The minimum Gasteiger partial charge on any atom is -0.351 e. The average Bonchev–Trinajstić information content (AvgIpc) is 2.52. The van der Waals surface area contributed by atoms with E-state index in [9.17, 15) is 14.9 Å². The summed E-state index contributed by atoms with van der Waals surface area (Å²) in [6.07, 6.45) is 0. The van der Waals surface area contributed by atoms with Crippen molar-refractivity contribution in [3.63, 3.8) is 0 Å². The third-order valence-electron chi connectivity index (χ3n) is 1.38. The maximum atomic E-state index is 11.2. The monoisotopic (exact) mass is 200 g/mol. The van der Waals surface area contributed by atoms with Gasteiger partial charge < -0.3 is 5.32 Å². The first-order valence-corrected chi connectivity index (χ1v) is 4.55. The van der Waals surface area contributed by atoms with Crippen molar-refractivity contribution in [1.29, 1.82) is 0 Å². The summed E-state index contributed by atoms with van der Waals surface area (Å²) in [6.45, 7) is 2.23. The molecule has 0 unspecified atom stereocenters. The molecule has 0 aliphatic heterocycles. The van der Waals surface area contributed by atoms with Crippen LogP contribution < -0.4 is 5.32 Å². The molecule has 0 fully saturated rings. The summed E-state index contributed by atoms with van der Waals surface area (Å²) in [7, 11) is 0. The second kappa shape index (κ2) is 3.99. The van der Waals surface area contributed by atoms with Gasteiger partial charge in [-0.05, 0) is 12.3 Å². The summed E-state index contributed by atoms with van der Waals surface area (Å²) in [5, 5.41) is 14.5. The highest BCUT2D eigenvalue weighted by Crippen LogP contribution is 2.23. The van der Waals surface area contributed by atoms with Crippen molar-refractivity contribution >= 4 is 22.9 Å². The number of carbonyl (C=O) groups is 1. The Morgan fingerprint density at radius 1 is 1.77 bits per heavy atom. The van der Waals surface area contributed by atoms with Crippen LogP contribution >= 0.6 is 11.3 Å². The van der Waals surface area contributed by atoms with Gasteiger partial charge in [-0.15, -0.1) is 11.3 Å². The van der Waals surface area contributed by atoms with Gasteiger partial charge in [0.15, 0.2) is 4.88 Å². The Morgan fingerprint density at radius 3 is 3.00 bits per heavy atom. The van der Waals surface area contributed by atoms with Crippen LogP contribution in [0.25, 0.3) is 0 Å². The van der Waals surface area contributed by atoms with Gasteiger partial charge in [0.25, 0.3) is 11.6 Å². The second-order valence-electron chi connectivity index (χ2n) is 2.25. The number of hydrogen-bond donors (Lipinski definition) is 1. The lowest BCUT2D eigenvalue weighted by Gasteiger charge is -1.97. The second-order valence-corrected chi connectivity index (χ2v) is 3.17. The lowest BCUT2D eigenvalue weighted by atomic mass is 10.4. The van der Waals surface area contributed by atoms with E-state index in [4.69, 9.17) is 0 Å². The van der Waals surface area contributed by atoms with Gasteiger partial charge in [0.05, 0.1) is 4.92 Å². The van der Waals surface area contributed by atoms with Crippen molar-refractivity contribution in [3.8, 4) is 0 Å². The molecule has 1 heterocycles. The molecule has 13 heavy (non-hydrogen) atoms. The van der Waals surface area contributed by atoms with Gasteiger partial charge >= 0.3 is 0 Å². The maximum Gasteiger partial charge on any atom is 0.292 e. The van der Waals surface area contributed by atoms with E-state index in [1.807, 2.05) is 0 Å². The van der Waals surface area contributed by atoms with E-state index in [0.717, 1.165) is 11.3 Å². The lowest BCUT2D eigenvalue weighted by molar-refractivity contribution is -0.384.